The lowest BCUT2D eigenvalue weighted by Crippen LogP contribution is -2.56. The first-order chi connectivity index (χ1) is 10.2. The van der Waals surface area contributed by atoms with E-state index in [0.29, 0.717) is 6.04 Å². The van der Waals surface area contributed by atoms with Crippen molar-refractivity contribution in [2.75, 3.05) is 36.5 Å². The van der Waals surface area contributed by atoms with Gasteiger partial charge in [0.2, 0.25) is 0 Å². The second-order valence-corrected chi connectivity index (χ2v) is 6.36. The Labute approximate surface area is 128 Å². The number of hydrogen-bond donors (Lipinski definition) is 1. The summed E-state index contributed by atoms with van der Waals surface area (Å²) in [5.74, 6) is 0. The van der Waals surface area contributed by atoms with Crippen LogP contribution in [0.3, 0.4) is 0 Å². The van der Waals surface area contributed by atoms with Gasteiger partial charge in [-0.3, -0.25) is 10.6 Å². The molecule has 21 heavy (non-hydrogen) atoms. The van der Waals surface area contributed by atoms with E-state index in [0.717, 1.165) is 13.0 Å². The molecule has 1 aromatic rings. The van der Waals surface area contributed by atoms with Gasteiger partial charge in [0.05, 0.1) is 11.4 Å². The van der Waals surface area contributed by atoms with Gasteiger partial charge < -0.3 is 9.80 Å². The summed E-state index contributed by atoms with van der Waals surface area (Å²) in [4.78, 5) is 7.25. The van der Waals surface area contributed by atoms with E-state index >= 15 is 0 Å². The molecular weight excluding hydrogens is 260 g/mol. The van der Waals surface area contributed by atoms with Gasteiger partial charge in [0, 0.05) is 19.6 Å². The van der Waals surface area contributed by atoms with Crippen molar-refractivity contribution >= 4 is 11.4 Å². The molecule has 2 heterocycles. The van der Waals surface area contributed by atoms with E-state index in [-0.39, 0.29) is 6.29 Å². The maximum atomic E-state index is 6.43. The summed E-state index contributed by atoms with van der Waals surface area (Å²) < 4.78 is 0. The van der Waals surface area contributed by atoms with E-state index in [1.807, 2.05) is 0 Å². The van der Waals surface area contributed by atoms with Crippen LogP contribution in [0, 0.1) is 0 Å². The summed E-state index contributed by atoms with van der Waals surface area (Å²) in [5.41, 5.74) is 10.5. The highest BCUT2D eigenvalue weighted by atomic mass is 15.5. The molecule has 0 saturated carbocycles. The number of hydrogen-bond acceptors (Lipinski definition) is 4. The monoisotopic (exact) mass is 288 g/mol. The predicted molar refractivity (Wildman–Crippen MR) is 89.8 cm³/mol. The van der Waals surface area contributed by atoms with Crippen LogP contribution in [0.25, 0.3) is 0 Å². The Kier molecular flexibility index (Phi) is 4.09. The molecule has 2 aliphatic heterocycles. The fourth-order valence-electron chi connectivity index (χ4n) is 3.88. The van der Waals surface area contributed by atoms with Gasteiger partial charge in [0.15, 0.2) is 6.29 Å². The number of anilines is 2. The van der Waals surface area contributed by atoms with Crippen molar-refractivity contribution in [3.63, 3.8) is 0 Å². The molecule has 1 aromatic carbocycles. The van der Waals surface area contributed by atoms with Gasteiger partial charge in [0.1, 0.15) is 0 Å². The van der Waals surface area contributed by atoms with E-state index < -0.39 is 0 Å². The molecule has 2 N–H and O–H groups in total. The molecule has 4 nitrogen and oxygen atoms in total. The minimum Gasteiger partial charge on any atom is -0.340 e. The summed E-state index contributed by atoms with van der Waals surface area (Å²) in [6, 6.07) is 7.23. The lowest BCUT2D eigenvalue weighted by Gasteiger charge is -2.40. The summed E-state index contributed by atoms with van der Waals surface area (Å²) in [7, 11) is 2.10. The highest BCUT2D eigenvalue weighted by molar-refractivity contribution is 5.81. The SMILES string of the molecule is CCCN(CCC)C1Cc2cccc3c2N(C1)C(N)N3C. The highest BCUT2D eigenvalue weighted by Gasteiger charge is 2.38. The number of nitrogens with two attached hydrogens (primary N) is 1. The molecule has 116 valence electrons. The second kappa shape index (κ2) is 5.85. The third-order valence-electron chi connectivity index (χ3n) is 4.88. The summed E-state index contributed by atoms with van der Waals surface area (Å²) in [5, 5.41) is 0. The van der Waals surface area contributed by atoms with Crippen LogP contribution in [0.4, 0.5) is 11.4 Å². The third kappa shape index (κ3) is 2.40. The van der Waals surface area contributed by atoms with Crippen molar-refractivity contribution < 1.29 is 0 Å². The summed E-state index contributed by atoms with van der Waals surface area (Å²) in [6.07, 6.45) is 3.57. The molecule has 0 amide bonds. The van der Waals surface area contributed by atoms with Crippen molar-refractivity contribution in [3.05, 3.63) is 23.8 Å². The first-order valence-corrected chi connectivity index (χ1v) is 8.28. The van der Waals surface area contributed by atoms with Crippen molar-refractivity contribution in [2.45, 2.75) is 45.4 Å². The van der Waals surface area contributed by atoms with E-state index in [1.165, 1.54) is 42.9 Å². The van der Waals surface area contributed by atoms with Gasteiger partial charge >= 0.3 is 0 Å². The minimum absolute atomic E-state index is 0.0194. The molecule has 0 fully saturated rings. The van der Waals surface area contributed by atoms with Crippen LogP contribution in [0.1, 0.15) is 32.3 Å². The number of rotatable bonds is 5. The Bertz CT molecular complexity index is 496. The predicted octanol–water partition coefficient (Wildman–Crippen LogP) is 2.23. The standard InChI is InChI=1S/C17H28N4/c1-4-9-20(10-5-2)14-11-13-7-6-8-15-16(13)21(12-14)17(18)19(15)3/h6-8,14,17H,4-5,9-12,18H2,1-3H3. The molecule has 4 heteroatoms. The van der Waals surface area contributed by atoms with Crippen molar-refractivity contribution in [1.29, 1.82) is 0 Å². The zero-order valence-electron chi connectivity index (χ0n) is 13.5. The number of nitrogens with zero attached hydrogens (tertiary/aromatic N) is 3. The van der Waals surface area contributed by atoms with Crippen LogP contribution in [0.15, 0.2) is 18.2 Å². The van der Waals surface area contributed by atoms with Crippen LogP contribution < -0.4 is 15.5 Å². The first-order valence-electron chi connectivity index (χ1n) is 8.28. The molecule has 0 bridgehead atoms. The van der Waals surface area contributed by atoms with E-state index in [2.05, 4.69) is 53.8 Å². The average Bonchev–Trinajstić information content (AvgIpc) is 2.74. The van der Waals surface area contributed by atoms with Crippen molar-refractivity contribution in [1.82, 2.24) is 4.90 Å². The summed E-state index contributed by atoms with van der Waals surface area (Å²) in [6.45, 7) is 7.97. The first kappa shape index (κ1) is 14.7. The largest absolute Gasteiger partial charge is 0.340 e. The van der Waals surface area contributed by atoms with Crippen LogP contribution >= 0.6 is 0 Å². The smallest absolute Gasteiger partial charge is 0.155 e. The Morgan fingerprint density at radius 1 is 1.24 bits per heavy atom. The molecule has 3 rings (SSSR count). The van der Waals surface area contributed by atoms with Crippen molar-refractivity contribution in [3.8, 4) is 0 Å². The van der Waals surface area contributed by atoms with Gasteiger partial charge in [-0.05, 0) is 44.0 Å². The zero-order valence-corrected chi connectivity index (χ0v) is 13.5. The second-order valence-electron chi connectivity index (χ2n) is 6.36. The topological polar surface area (TPSA) is 35.7 Å². The number of benzene rings is 1. The lowest BCUT2D eigenvalue weighted by atomic mass is 9.96. The van der Waals surface area contributed by atoms with Gasteiger partial charge in [-0.25, -0.2) is 0 Å². The summed E-state index contributed by atoms with van der Waals surface area (Å²) >= 11 is 0. The van der Waals surface area contributed by atoms with Gasteiger partial charge in [0.25, 0.3) is 0 Å². The molecule has 0 radical (unpaired) electrons. The quantitative estimate of drug-likeness (QED) is 0.901. The minimum atomic E-state index is -0.0194. The van der Waals surface area contributed by atoms with Crippen LogP contribution in [-0.2, 0) is 6.42 Å². The lowest BCUT2D eigenvalue weighted by molar-refractivity contribution is 0.191. The van der Waals surface area contributed by atoms with Crippen LogP contribution in [-0.4, -0.2) is 43.9 Å². The third-order valence-corrected chi connectivity index (χ3v) is 4.88. The molecule has 0 aliphatic carbocycles. The zero-order chi connectivity index (χ0) is 15.0. The number of para-hydroxylation sites is 1. The van der Waals surface area contributed by atoms with Crippen molar-refractivity contribution in [2.24, 2.45) is 5.73 Å². The maximum absolute atomic E-state index is 6.43. The normalized spacial score (nSPS) is 23.9. The van der Waals surface area contributed by atoms with Gasteiger partial charge in [-0.1, -0.05) is 26.0 Å². The molecule has 2 aliphatic rings. The molecule has 2 unspecified atom stereocenters. The molecule has 0 spiro atoms. The van der Waals surface area contributed by atoms with E-state index in [9.17, 15) is 0 Å². The molecule has 2 atom stereocenters. The molecule has 0 aromatic heterocycles. The van der Waals surface area contributed by atoms with E-state index in [4.69, 9.17) is 5.73 Å². The fourth-order valence-corrected chi connectivity index (χ4v) is 3.88. The van der Waals surface area contributed by atoms with Crippen LogP contribution in [0.5, 0.6) is 0 Å². The van der Waals surface area contributed by atoms with E-state index in [1.54, 1.807) is 0 Å². The highest BCUT2D eigenvalue weighted by Crippen LogP contribution is 2.43. The van der Waals surface area contributed by atoms with Crippen LogP contribution in [0.2, 0.25) is 0 Å². The Hall–Kier alpha value is -1.26. The fraction of sp³-hybridized carbons (Fsp3) is 0.647. The maximum Gasteiger partial charge on any atom is 0.155 e. The van der Waals surface area contributed by atoms with Gasteiger partial charge in [-0.15, -0.1) is 0 Å². The Morgan fingerprint density at radius 3 is 2.62 bits per heavy atom. The Balaban J connectivity index is 1.90. The molecular formula is C17H28N4. The average molecular weight is 288 g/mol. The molecule has 0 saturated heterocycles. The van der Waals surface area contributed by atoms with Gasteiger partial charge in [-0.2, -0.15) is 0 Å². The Morgan fingerprint density at radius 2 is 1.95 bits per heavy atom.